The summed E-state index contributed by atoms with van der Waals surface area (Å²) >= 11 is 6.05. The third kappa shape index (κ3) is 3.45. The maximum atomic E-state index is 11.9. The molecule has 1 amide bonds. The Kier molecular flexibility index (Phi) is 4.02. The molecule has 4 nitrogen and oxygen atoms in total. The number of aromatic nitrogens is 1. The number of benzene rings is 1. The van der Waals surface area contributed by atoms with E-state index < -0.39 is 0 Å². The number of carbonyl (C=O) groups is 1. The van der Waals surface area contributed by atoms with Crippen LogP contribution >= 0.6 is 11.6 Å². The molecule has 0 aliphatic rings. The Morgan fingerprint density at radius 2 is 2.16 bits per heavy atom. The minimum Gasteiger partial charge on any atom is -0.397 e. The summed E-state index contributed by atoms with van der Waals surface area (Å²) in [6.45, 7) is 1.89. The number of rotatable bonds is 3. The average molecular weight is 276 g/mol. The number of anilines is 2. The molecule has 0 aliphatic heterocycles. The van der Waals surface area contributed by atoms with Gasteiger partial charge in [0.2, 0.25) is 5.91 Å². The lowest BCUT2D eigenvalue weighted by Crippen LogP contribution is -2.16. The SMILES string of the molecule is Cc1cccc(Cl)c1NC(=O)Cc1ccc(N)cn1. The van der Waals surface area contributed by atoms with Gasteiger partial charge in [0.25, 0.3) is 0 Å². The molecule has 19 heavy (non-hydrogen) atoms. The smallest absolute Gasteiger partial charge is 0.230 e. The normalized spacial score (nSPS) is 10.2. The number of nitrogens with two attached hydrogens (primary N) is 1. The molecule has 2 aromatic rings. The van der Waals surface area contributed by atoms with Gasteiger partial charge >= 0.3 is 0 Å². The molecule has 98 valence electrons. The molecule has 0 unspecified atom stereocenters. The number of halogens is 1. The van der Waals surface area contributed by atoms with Gasteiger partial charge in [-0.05, 0) is 30.7 Å². The first-order chi connectivity index (χ1) is 9.06. The van der Waals surface area contributed by atoms with E-state index in [2.05, 4.69) is 10.3 Å². The molecule has 0 spiro atoms. The van der Waals surface area contributed by atoms with E-state index in [1.54, 1.807) is 18.2 Å². The van der Waals surface area contributed by atoms with Crippen molar-refractivity contribution in [3.05, 3.63) is 52.8 Å². The van der Waals surface area contributed by atoms with E-state index in [0.29, 0.717) is 22.1 Å². The largest absolute Gasteiger partial charge is 0.397 e. The van der Waals surface area contributed by atoms with E-state index in [-0.39, 0.29) is 12.3 Å². The highest BCUT2D eigenvalue weighted by molar-refractivity contribution is 6.33. The first-order valence-corrected chi connectivity index (χ1v) is 6.19. The Balaban J connectivity index is 2.07. The number of pyridine rings is 1. The summed E-state index contributed by atoms with van der Waals surface area (Å²) in [4.78, 5) is 16.0. The predicted molar refractivity (Wildman–Crippen MR) is 77.2 cm³/mol. The highest BCUT2D eigenvalue weighted by Gasteiger charge is 2.09. The van der Waals surface area contributed by atoms with Crippen molar-refractivity contribution in [2.45, 2.75) is 13.3 Å². The molecule has 0 bridgehead atoms. The first kappa shape index (κ1) is 13.4. The van der Waals surface area contributed by atoms with Crippen molar-refractivity contribution in [3.63, 3.8) is 0 Å². The molecule has 0 aliphatic carbocycles. The van der Waals surface area contributed by atoms with Gasteiger partial charge in [0, 0.05) is 5.69 Å². The monoisotopic (exact) mass is 275 g/mol. The lowest BCUT2D eigenvalue weighted by molar-refractivity contribution is -0.115. The van der Waals surface area contributed by atoms with Gasteiger partial charge in [-0.2, -0.15) is 0 Å². The summed E-state index contributed by atoms with van der Waals surface area (Å²) in [5.41, 5.74) is 8.34. The minimum absolute atomic E-state index is 0.159. The lowest BCUT2D eigenvalue weighted by atomic mass is 10.2. The highest BCUT2D eigenvalue weighted by atomic mass is 35.5. The van der Waals surface area contributed by atoms with Crippen LogP contribution in [0.15, 0.2) is 36.5 Å². The van der Waals surface area contributed by atoms with Gasteiger partial charge in [-0.15, -0.1) is 0 Å². The summed E-state index contributed by atoms with van der Waals surface area (Å²) in [7, 11) is 0. The molecule has 0 atom stereocenters. The molecule has 1 aromatic carbocycles. The van der Waals surface area contributed by atoms with Crippen LogP contribution in [0.5, 0.6) is 0 Å². The number of amides is 1. The Bertz CT molecular complexity index is 576. The summed E-state index contributed by atoms with van der Waals surface area (Å²) in [5, 5.41) is 3.33. The van der Waals surface area contributed by atoms with Gasteiger partial charge in [0.15, 0.2) is 0 Å². The molecular weight excluding hydrogens is 262 g/mol. The third-order valence-corrected chi connectivity index (χ3v) is 2.99. The predicted octanol–water partition coefficient (Wildman–Crippen LogP) is 2.81. The molecule has 0 saturated heterocycles. The maximum Gasteiger partial charge on any atom is 0.230 e. The van der Waals surface area contributed by atoms with Crippen molar-refractivity contribution >= 4 is 28.9 Å². The van der Waals surface area contributed by atoms with Crippen LogP contribution in [0.25, 0.3) is 0 Å². The number of nitrogen functional groups attached to an aromatic ring is 1. The van der Waals surface area contributed by atoms with Crippen molar-refractivity contribution in [2.24, 2.45) is 0 Å². The van der Waals surface area contributed by atoms with E-state index in [0.717, 1.165) is 5.56 Å². The van der Waals surface area contributed by atoms with Gasteiger partial charge < -0.3 is 11.1 Å². The molecule has 1 aromatic heterocycles. The van der Waals surface area contributed by atoms with E-state index in [9.17, 15) is 4.79 Å². The zero-order chi connectivity index (χ0) is 13.8. The topological polar surface area (TPSA) is 68.0 Å². The van der Waals surface area contributed by atoms with Crippen LogP contribution in [0.1, 0.15) is 11.3 Å². The van der Waals surface area contributed by atoms with Crippen LogP contribution in [-0.2, 0) is 11.2 Å². The molecule has 3 N–H and O–H groups in total. The lowest BCUT2D eigenvalue weighted by Gasteiger charge is -2.10. The fourth-order valence-corrected chi connectivity index (χ4v) is 1.95. The van der Waals surface area contributed by atoms with E-state index in [1.807, 2.05) is 19.1 Å². The van der Waals surface area contributed by atoms with Crippen LogP contribution in [0.3, 0.4) is 0 Å². The van der Waals surface area contributed by atoms with Crippen LogP contribution in [0.4, 0.5) is 11.4 Å². The second-order valence-electron chi connectivity index (χ2n) is 4.24. The van der Waals surface area contributed by atoms with Gasteiger partial charge in [0.1, 0.15) is 0 Å². The van der Waals surface area contributed by atoms with Gasteiger partial charge in [-0.1, -0.05) is 23.7 Å². The Labute approximate surface area is 116 Å². The first-order valence-electron chi connectivity index (χ1n) is 5.81. The van der Waals surface area contributed by atoms with E-state index in [4.69, 9.17) is 17.3 Å². The Morgan fingerprint density at radius 1 is 1.37 bits per heavy atom. The second kappa shape index (κ2) is 5.71. The molecule has 2 rings (SSSR count). The Morgan fingerprint density at radius 3 is 2.79 bits per heavy atom. The number of nitrogens with zero attached hydrogens (tertiary/aromatic N) is 1. The van der Waals surface area contributed by atoms with Crippen LogP contribution in [0, 0.1) is 6.92 Å². The van der Waals surface area contributed by atoms with Crippen molar-refractivity contribution in [1.29, 1.82) is 0 Å². The average Bonchev–Trinajstić information content (AvgIpc) is 2.37. The highest BCUT2D eigenvalue weighted by Crippen LogP contribution is 2.25. The zero-order valence-corrected chi connectivity index (χ0v) is 11.2. The minimum atomic E-state index is -0.159. The standard InChI is InChI=1S/C14H14ClN3O/c1-9-3-2-4-12(15)14(9)18-13(19)7-11-6-5-10(16)8-17-11/h2-6,8H,7,16H2,1H3,(H,18,19). The van der Waals surface area contributed by atoms with Crippen LogP contribution in [0.2, 0.25) is 5.02 Å². The van der Waals surface area contributed by atoms with Gasteiger partial charge in [-0.3, -0.25) is 9.78 Å². The number of carbonyl (C=O) groups excluding carboxylic acids is 1. The third-order valence-electron chi connectivity index (χ3n) is 2.68. The molecule has 0 fully saturated rings. The van der Waals surface area contributed by atoms with Crippen LogP contribution in [-0.4, -0.2) is 10.9 Å². The summed E-state index contributed by atoms with van der Waals surface area (Å²) in [6, 6.07) is 8.92. The molecule has 1 heterocycles. The summed E-state index contributed by atoms with van der Waals surface area (Å²) < 4.78 is 0. The molecular formula is C14H14ClN3O. The van der Waals surface area contributed by atoms with Crippen molar-refractivity contribution in [1.82, 2.24) is 4.98 Å². The number of para-hydroxylation sites is 1. The Hall–Kier alpha value is -2.07. The fraction of sp³-hybridized carbons (Fsp3) is 0.143. The molecule has 5 heteroatoms. The van der Waals surface area contributed by atoms with Gasteiger partial charge in [-0.25, -0.2) is 0 Å². The van der Waals surface area contributed by atoms with Gasteiger partial charge in [0.05, 0.1) is 29.0 Å². The number of hydrogen-bond acceptors (Lipinski definition) is 3. The second-order valence-corrected chi connectivity index (χ2v) is 4.65. The summed E-state index contributed by atoms with van der Waals surface area (Å²) in [6.07, 6.45) is 1.72. The van der Waals surface area contributed by atoms with Crippen molar-refractivity contribution in [2.75, 3.05) is 11.1 Å². The van der Waals surface area contributed by atoms with E-state index in [1.165, 1.54) is 6.20 Å². The summed E-state index contributed by atoms with van der Waals surface area (Å²) in [5.74, 6) is -0.159. The number of nitrogens with one attached hydrogen (secondary N) is 1. The van der Waals surface area contributed by atoms with E-state index >= 15 is 0 Å². The number of aryl methyl sites for hydroxylation is 1. The molecule has 0 radical (unpaired) electrons. The quantitative estimate of drug-likeness (QED) is 0.905. The number of hydrogen-bond donors (Lipinski definition) is 2. The fourth-order valence-electron chi connectivity index (χ4n) is 1.68. The zero-order valence-electron chi connectivity index (χ0n) is 10.5. The van der Waals surface area contributed by atoms with Crippen LogP contribution < -0.4 is 11.1 Å². The maximum absolute atomic E-state index is 11.9. The van der Waals surface area contributed by atoms with Crippen molar-refractivity contribution in [3.8, 4) is 0 Å². The van der Waals surface area contributed by atoms with Crippen molar-refractivity contribution < 1.29 is 4.79 Å². The molecule has 0 saturated carbocycles.